The normalized spacial score (nSPS) is 15.9. The zero-order valence-corrected chi connectivity index (χ0v) is 16.5. The van der Waals surface area contributed by atoms with Crippen molar-refractivity contribution in [2.24, 2.45) is 0 Å². The van der Waals surface area contributed by atoms with E-state index in [2.05, 4.69) is 0 Å². The molecule has 2 aromatic rings. The number of ether oxygens (including phenoxy) is 1. The molecule has 0 unspecified atom stereocenters. The molecule has 1 amide bonds. The predicted octanol–water partition coefficient (Wildman–Crippen LogP) is 3.79. The second kappa shape index (κ2) is 8.06. The molecule has 3 rings (SSSR count). The molecular formula is C20H20F3NO4S. The molecule has 1 saturated heterocycles. The molecule has 1 heterocycles. The second-order valence-corrected chi connectivity index (χ2v) is 9.02. The van der Waals surface area contributed by atoms with Crippen molar-refractivity contribution in [3.63, 3.8) is 0 Å². The summed E-state index contributed by atoms with van der Waals surface area (Å²) in [6.45, 7) is 0.324. The Balaban J connectivity index is 1.69. The molecule has 0 spiro atoms. The monoisotopic (exact) mass is 427 g/mol. The number of piperidine rings is 1. The van der Waals surface area contributed by atoms with Crippen LogP contribution in [0.5, 0.6) is 5.75 Å². The lowest BCUT2D eigenvalue weighted by molar-refractivity contribution is -0.137. The number of alkyl halides is 3. The molecule has 5 nitrogen and oxygen atoms in total. The number of hydrogen-bond acceptors (Lipinski definition) is 4. The van der Waals surface area contributed by atoms with Crippen LogP contribution in [0.15, 0.2) is 53.4 Å². The number of rotatable bonds is 4. The third-order valence-corrected chi connectivity index (χ3v) is 7.27. The number of carbonyl (C=O) groups is 1. The molecule has 0 N–H and O–H groups in total. The van der Waals surface area contributed by atoms with E-state index in [1.807, 2.05) is 0 Å². The number of amides is 1. The summed E-state index contributed by atoms with van der Waals surface area (Å²) in [5.74, 6) is 0.0156. The number of halogens is 3. The van der Waals surface area contributed by atoms with Crippen LogP contribution in [0.4, 0.5) is 13.2 Å². The van der Waals surface area contributed by atoms with Gasteiger partial charge < -0.3 is 9.64 Å². The fourth-order valence-electron chi connectivity index (χ4n) is 3.34. The molecule has 0 aromatic heterocycles. The first-order chi connectivity index (χ1) is 13.6. The molecule has 0 saturated carbocycles. The van der Waals surface area contributed by atoms with Crippen LogP contribution in [-0.2, 0) is 16.0 Å². The van der Waals surface area contributed by atoms with Crippen LogP contribution in [0.25, 0.3) is 0 Å². The highest BCUT2D eigenvalue weighted by Gasteiger charge is 2.34. The van der Waals surface area contributed by atoms with Crippen molar-refractivity contribution in [2.75, 3.05) is 20.2 Å². The highest BCUT2D eigenvalue weighted by molar-refractivity contribution is 7.92. The summed E-state index contributed by atoms with van der Waals surface area (Å²) in [6.07, 6.45) is -4.09. The molecule has 1 aliphatic rings. The van der Waals surface area contributed by atoms with Gasteiger partial charge >= 0.3 is 6.18 Å². The second-order valence-electron chi connectivity index (χ2n) is 6.79. The highest BCUT2D eigenvalue weighted by atomic mass is 32.2. The molecule has 1 aliphatic heterocycles. The summed E-state index contributed by atoms with van der Waals surface area (Å²) in [5.41, 5.74) is -0.948. The Hall–Kier alpha value is -2.55. The number of benzene rings is 2. The van der Waals surface area contributed by atoms with E-state index in [-0.39, 0.29) is 36.4 Å². The van der Waals surface area contributed by atoms with Gasteiger partial charge in [-0.15, -0.1) is 0 Å². The van der Waals surface area contributed by atoms with E-state index in [0.29, 0.717) is 5.75 Å². The number of likely N-dealkylation sites (tertiary alicyclic amines) is 1. The van der Waals surface area contributed by atoms with E-state index in [1.165, 1.54) is 36.3 Å². The predicted molar refractivity (Wildman–Crippen MR) is 101 cm³/mol. The minimum Gasteiger partial charge on any atom is -0.497 e. The van der Waals surface area contributed by atoms with Crippen molar-refractivity contribution in [3.05, 3.63) is 59.7 Å². The number of nitrogens with zero attached hydrogens (tertiary/aromatic N) is 1. The largest absolute Gasteiger partial charge is 0.497 e. The summed E-state index contributed by atoms with van der Waals surface area (Å²) >= 11 is 0. The Kier molecular flexibility index (Phi) is 5.88. The minimum absolute atomic E-state index is 0.0590. The maximum absolute atomic E-state index is 12.9. The SMILES string of the molecule is COc1ccc(S(=O)(=O)C2CCN(C(=O)c3cccc(C(F)(F)F)c3)CC2)cc1. The van der Waals surface area contributed by atoms with Crippen molar-refractivity contribution in [1.29, 1.82) is 0 Å². The molecule has 0 atom stereocenters. The molecule has 0 bridgehead atoms. The van der Waals surface area contributed by atoms with Gasteiger partial charge in [0.1, 0.15) is 5.75 Å². The van der Waals surface area contributed by atoms with Crippen molar-refractivity contribution >= 4 is 15.7 Å². The van der Waals surface area contributed by atoms with Gasteiger partial charge in [-0.2, -0.15) is 13.2 Å². The number of sulfone groups is 1. The third-order valence-electron chi connectivity index (χ3n) is 4.99. The van der Waals surface area contributed by atoms with E-state index >= 15 is 0 Å². The lowest BCUT2D eigenvalue weighted by Gasteiger charge is -2.32. The Morgan fingerprint density at radius 2 is 1.69 bits per heavy atom. The Labute approximate surface area is 167 Å². The molecule has 1 fully saturated rings. The topological polar surface area (TPSA) is 63.7 Å². The molecular weight excluding hydrogens is 407 g/mol. The van der Waals surface area contributed by atoms with Gasteiger partial charge in [-0.3, -0.25) is 4.79 Å². The Bertz CT molecular complexity index is 980. The summed E-state index contributed by atoms with van der Waals surface area (Å²) in [5, 5.41) is -0.651. The average Bonchev–Trinajstić information content (AvgIpc) is 2.73. The fourth-order valence-corrected chi connectivity index (χ4v) is 5.07. The zero-order chi connectivity index (χ0) is 21.2. The van der Waals surface area contributed by atoms with E-state index in [0.717, 1.165) is 12.1 Å². The smallest absolute Gasteiger partial charge is 0.416 e. The van der Waals surface area contributed by atoms with Gasteiger partial charge in [-0.05, 0) is 55.3 Å². The number of carbonyl (C=O) groups excluding carboxylic acids is 1. The van der Waals surface area contributed by atoms with E-state index in [1.54, 1.807) is 12.1 Å². The van der Waals surface area contributed by atoms with Gasteiger partial charge in [0.05, 0.1) is 22.8 Å². The molecule has 9 heteroatoms. The van der Waals surface area contributed by atoms with Crippen molar-refractivity contribution in [2.45, 2.75) is 29.2 Å². The lowest BCUT2D eigenvalue weighted by Crippen LogP contribution is -2.42. The van der Waals surface area contributed by atoms with E-state index in [9.17, 15) is 26.4 Å². The molecule has 0 radical (unpaired) electrons. The van der Waals surface area contributed by atoms with Crippen LogP contribution in [0.1, 0.15) is 28.8 Å². The summed E-state index contributed by atoms with van der Waals surface area (Å²) in [4.78, 5) is 14.2. The molecule has 29 heavy (non-hydrogen) atoms. The van der Waals surface area contributed by atoms with Crippen LogP contribution in [-0.4, -0.2) is 44.7 Å². The maximum Gasteiger partial charge on any atom is 0.416 e. The average molecular weight is 427 g/mol. The zero-order valence-electron chi connectivity index (χ0n) is 15.6. The lowest BCUT2D eigenvalue weighted by atomic mass is 10.1. The number of methoxy groups -OCH3 is 1. The van der Waals surface area contributed by atoms with Crippen molar-refractivity contribution < 1.29 is 31.1 Å². The van der Waals surface area contributed by atoms with E-state index in [4.69, 9.17) is 4.74 Å². The van der Waals surface area contributed by atoms with Crippen LogP contribution in [0.3, 0.4) is 0 Å². The standard InChI is InChI=1S/C20H20F3NO4S/c1-28-16-5-7-17(8-6-16)29(26,27)18-9-11-24(12-10-18)19(25)14-3-2-4-15(13-14)20(21,22)23/h2-8,13,18H,9-12H2,1H3. The van der Waals surface area contributed by atoms with Crippen LogP contribution in [0.2, 0.25) is 0 Å². The highest BCUT2D eigenvalue weighted by Crippen LogP contribution is 2.30. The summed E-state index contributed by atoms with van der Waals surface area (Å²) in [6, 6.07) is 10.3. The van der Waals surface area contributed by atoms with Gasteiger partial charge in [0.2, 0.25) is 0 Å². The minimum atomic E-state index is -4.53. The quantitative estimate of drug-likeness (QED) is 0.745. The maximum atomic E-state index is 12.9. The van der Waals surface area contributed by atoms with Crippen molar-refractivity contribution in [1.82, 2.24) is 4.90 Å². The van der Waals surface area contributed by atoms with Crippen LogP contribution < -0.4 is 4.74 Å². The summed E-state index contributed by atoms with van der Waals surface area (Å²) < 4.78 is 69.3. The van der Waals surface area contributed by atoms with Gasteiger partial charge in [0, 0.05) is 18.7 Å². The van der Waals surface area contributed by atoms with Crippen molar-refractivity contribution in [3.8, 4) is 5.75 Å². The Morgan fingerprint density at radius 1 is 1.07 bits per heavy atom. The third kappa shape index (κ3) is 4.55. The molecule has 156 valence electrons. The number of hydrogen-bond donors (Lipinski definition) is 0. The molecule has 0 aliphatic carbocycles. The van der Waals surface area contributed by atoms with E-state index < -0.39 is 32.7 Å². The first-order valence-electron chi connectivity index (χ1n) is 8.97. The fraction of sp³-hybridized carbons (Fsp3) is 0.350. The van der Waals surface area contributed by atoms with Gasteiger partial charge in [-0.25, -0.2) is 8.42 Å². The van der Waals surface area contributed by atoms with Gasteiger partial charge in [-0.1, -0.05) is 6.07 Å². The first kappa shape index (κ1) is 21.2. The van der Waals surface area contributed by atoms with Gasteiger partial charge in [0.15, 0.2) is 9.84 Å². The van der Waals surface area contributed by atoms with Crippen LogP contribution >= 0.6 is 0 Å². The Morgan fingerprint density at radius 3 is 2.24 bits per heavy atom. The van der Waals surface area contributed by atoms with Gasteiger partial charge in [0.25, 0.3) is 5.91 Å². The molecule has 2 aromatic carbocycles. The van der Waals surface area contributed by atoms with Crippen LogP contribution in [0, 0.1) is 0 Å². The first-order valence-corrected chi connectivity index (χ1v) is 10.5. The summed E-state index contributed by atoms with van der Waals surface area (Å²) in [7, 11) is -2.08.